The summed E-state index contributed by atoms with van der Waals surface area (Å²) in [5, 5.41) is 4.39. The second-order valence-electron chi connectivity index (χ2n) is 4.50. The van der Waals surface area contributed by atoms with Gasteiger partial charge >= 0.3 is 0 Å². The summed E-state index contributed by atoms with van der Waals surface area (Å²) in [7, 11) is 0. The third-order valence-electron chi connectivity index (χ3n) is 3.18. The first-order valence-electron chi connectivity index (χ1n) is 6.22. The summed E-state index contributed by atoms with van der Waals surface area (Å²) in [5.74, 6) is -0.586. The van der Waals surface area contributed by atoms with Crippen LogP contribution in [0, 0.1) is 5.95 Å². The summed E-state index contributed by atoms with van der Waals surface area (Å²) in [6, 6.07) is 3.17. The molecule has 0 saturated carbocycles. The first-order valence-corrected chi connectivity index (χ1v) is 6.60. The molecule has 2 aromatic heterocycles. The summed E-state index contributed by atoms with van der Waals surface area (Å²) in [6.07, 6.45) is 6.49. The van der Waals surface area contributed by atoms with Gasteiger partial charge in [-0.3, -0.25) is 0 Å². The van der Waals surface area contributed by atoms with Gasteiger partial charge in [0.05, 0.1) is 6.20 Å². The van der Waals surface area contributed by atoms with Crippen molar-refractivity contribution in [2.45, 2.75) is 25.5 Å². The van der Waals surface area contributed by atoms with Crippen LogP contribution in [0.5, 0.6) is 0 Å². The Balaban J connectivity index is 1.87. The molecule has 4 nitrogen and oxygen atoms in total. The maximum Gasteiger partial charge on any atom is 0.222 e. The van der Waals surface area contributed by atoms with E-state index < -0.39 is 5.95 Å². The lowest BCUT2D eigenvalue weighted by Crippen LogP contribution is -2.18. The molecule has 1 saturated heterocycles. The van der Waals surface area contributed by atoms with E-state index in [1.165, 1.54) is 0 Å². The van der Waals surface area contributed by atoms with Crippen molar-refractivity contribution < 1.29 is 9.13 Å². The van der Waals surface area contributed by atoms with Gasteiger partial charge in [0.25, 0.3) is 0 Å². The Labute approximate surface area is 115 Å². The molecule has 1 aliphatic heterocycles. The summed E-state index contributed by atoms with van der Waals surface area (Å²) in [4.78, 5) is 3.60. The molecule has 0 bridgehead atoms. The minimum Gasteiger partial charge on any atom is -0.357 e. The Morgan fingerprint density at radius 2 is 2.26 bits per heavy atom. The number of aromatic nitrogens is 3. The minimum atomic E-state index is -0.586. The molecule has 0 spiro atoms. The van der Waals surface area contributed by atoms with Gasteiger partial charge in [0.15, 0.2) is 0 Å². The molecule has 3 heterocycles. The Morgan fingerprint density at radius 1 is 1.37 bits per heavy atom. The van der Waals surface area contributed by atoms with Crippen molar-refractivity contribution in [2.24, 2.45) is 0 Å². The zero-order chi connectivity index (χ0) is 13.2. The van der Waals surface area contributed by atoms with E-state index in [0.29, 0.717) is 11.1 Å². The Kier molecular flexibility index (Phi) is 3.48. The molecule has 100 valence electrons. The molecule has 0 aromatic carbocycles. The van der Waals surface area contributed by atoms with Gasteiger partial charge in [0.2, 0.25) is 5.95 Å². The lowest BCUT2D eigenvalue weighted by molar-refractivity contribution is -0.0394. The van der Waals surface area contributed by atoms with Crippen LogP contribution in [0.2, 0.25) is 5.15 Å². The van der Waals surface area contributed by atoms with Gasteiger partial charge in [-0.1, -0.05) is 11.6 Å². The predicted molar refractivity (Wildman–Crippen MR) is 69.3 cm³/mol. The Morgan fingerprint density at radius 3 is 3.00 bits per heavy atom. The summed E-state index contributed by atoms with van der Waals surface area (Å²) in [6.45, 7) is 0.747. The largest absolute Gasteiger partial charge is 0.357 e. The second kappa shape index (κ2) is 5.27. The van der Waals surface area contributed by atoms with Gasteiger partial charge < -0.3 is 4.74 Å². The summed E-state index contributed by atoms with van der Waals surface area (Å²) < 4.78 is 21.1. The average molecular weight is 282 g/mol. The number of nitrogens with zero attached hydrogens (tertiary/aromatic N) is 3. The van der Waals surface area contributed by atoms with Gasteiger partial charge in [0.1, 0.15) is 11.4 Å². The predicted octanol–water partition coefficient (Wildman–Crippen LogP) is 3.44. The van der Waals surface area contributed by atoms with Gasteiger partial charge in [-0.25, -0.2) is 9.67 Å². The van der Waals surface area contributed by atoms with Crippen molar-refractivity contribution in [1.29, 1.82) is 0 Å². The van der Waals surface area contributed by atoms with Crippen LogP contribution in [0.3, 0.4) is 0 Å². The van der Waals surface area contributed by atoms with Crippen LogP contribution < -0.4 is 0 Å². The number of pyridine rings is 1. The summed E-state index contributed by atoms with van der Waals surface area (Å²) in [5.41, 5.74) is 1.07. The molecule has 3 rings (SSSR count). The maximum atomic E-state index is 13.7. The van der Waals surface area contributed by atoms with Gasteiger partial charge in [-0.2, -0.15) is 9.49 Å². The van der Waals surface area contributed by atoms with Crippen LogP contribution in [0.15, 0.2) is 24.5 Å². The number of hydrogen-bond acceptors (Lipinski definition) is 3. The van der Waals surface area contributed by atoms with Crippen molar-refractivity contribution in [1.82, 2.24) is 14.8 Å². The fraction of sp³-hybridized carbons (Fsp3) is 0.385. The van der Waals surface area contributed by atoms with Crippen molar-refractivity contribution in [3.63, 3.8) is 0 Å². The third kappa shape index (κ3) is 2.62. The van der Waals surface area contributed by atoms with E-state index in [0.717, 1.165) is 25.9 Å². The van der Waals surface area contributed by atoms with E-state index in [-0.39, 0.29) is 11.4 Å². The highest BCUT2D eigenvalue weighted by Gasteiger charge is 2.17. The Hall–Kier alpha value is -1.46. The molecular weight excluding hydrogens is 269 g/mol. The van der Waals surface area contributed by atoms with Crippen LogP contribution >= 0.6 is 11.6 Å². The van der Waals surface area contributed by atoms with Crippen LogP contribution in [0.1, 0.15) is 25.5 Å². The van der Waals surface area contributed by atoms with Crippen LogP contribution in [0.4, 0.5) is 4.39 Å². The highest BCUT2D eigenvalue weighted by atomic mass is 35.5. The first-order chi connectivity index (χ1) is 9.24. The SMILES string of the molecule is Fc1nc(Cl)ccc1-c1cnn(C2CCCCO2)c1. The van der Waals surface area contributed by atoms with Crippen LogP contribution in [0.25, 0.3) is 11.1 Å². The van der Waals surface area contributed by atoms with E-state index in [9.17, 15) is 4.39 Å². The quantitative estimate of drug-likeness (QED) is 0.792. The molecule has 19 heavy (non-hydrogen) atoms. The van der Waals surface area contributed by atoms with E-state index in [1.54, 1.807) is 29.2 Å². The van der Waals surface area contributed by atoms with Crippen molar-refractivity contribution in [3.8, 4) is 11.1 Å². The molecule has 1 atom stereocenters. The molecule has 0 aliphatic carbocycles. The number of rotatable bonds is 2. The van der Waals surface area contributed by atoms with E-state index >= 15 is 0 Å². The number of hydrogen-bond donors (Lipinski definition) is 0. The second-order valence-corrected chi connectivity index (χ2v) is 4.89. The van der Waals surface area contributed by atoms with Gasteiger partial charge in [-0.05, 0) is 31.4 Å². The van der Waals surface area contributed by atoms with E-state index in [1.807, 2.05) is 0 Å². The van der Waals surface area contributed by atoms with Gasteiger partial charge in [-0.15, -0.1) is 0 Å². The molecule has 1 aliphatic rings. The Bertz CT molecular complexity index is 581. The highest BCUT2D eigenvalue weighted by Crippen LogP contribution is 2.26. The van der Waals surface area contributed by atoms with Crippen molar-refractivity contribution >= 4 is 11.6 Å². The smallest absolute Gasteiger partial charge is 0.222 e. The molecule has 1 unspecified atom stereocenters. The van der Waals surface area contributed by atoms with Crippen molar-refractivity contribution in [2.75, 3.05) is 6.61 Å². The van der Waals surface area contributed by atoms with E-state index in [2.05, 4.69) is 10.1 Å². The first kappa shape index (κ1) is 12.6. The molecule has 1 fully saturated rings. The zero-order valence-electron chi connectivity index (χ0n) is 10.2. The standard InChI is InChI=1S/C13H13ClFN3O/c14-11-5-4-10(13(15)17-11)9-7-16-18(8-9)12-3-1-2-6-19-12/h4-5,7-8,12H,1-3,6H2. The minimum absolute atomic E-state index is 0.0502. The topological polar surface area (TPSA) is 39.9 Å². The molecule has 6 heteroatoms. The average Bonchev–Trinajstić information content (AvgIpc) is 2.89. The van der Waals surface area contributed by atoms with E-state index in [4.69, 9.17) is 16.3 Å². The summed E-state index contributed by atoms with van der Waals surface area (Å²) >= 11 is 5.64. The maximum absolute atomic E-state index is 13.7. The fourth-order valence-electron chi connectivity index (χ4n) is 2.19. The zero-order valence-corrected chi connectivity index (χ0v) is 11.0. The van der Waals surface area contributed by atoms with Crippen molar-refractivity contribution in [3.05, 3.63) is 35.6 Å². The molecule has 0 amide bonds. The number of ether oxygens (including phenoxy) is 1. The van der Waals surface area contributed by atoms with Gasteiger partial charge in [0, 0.05) is 23.9 Å². The fourth-order valence-corrected chi connectivity index (χ4v) is 2.33. The lowest BCUT2D eigenvalue weighted by Gasteiger charge is -2.22. The lowest BCUT2D eigenvalue weighted by atomic mass is 10.1. The molecule has 2 aromatic rings. The highest BCUT2D eigenvalue weighted by molar-refractivity contribution is 6.29. The van der Waals surface area contributed by atoms with Crippen LogP contribution in [-0.2, 0) is 4.74 Å². The molecule has 0 radical (unpaired) electrons. The number of halogens is 2. The van der Waals surface area contributed by atoms with Crippen LogP contribution in [-0.4, -0.2) is 21.4 Å². The normalized spacial score (nSPS) is 19.6. The monoisotopic (exact) mass is 281 g/mol. The third-order valence-corrected chi connectivity index (χ3v) is 3.39. The molecular formula is C13H13ClFN3O. The molecule has 0 N–H and O–H groups in total.